The van der Waals surface area contributed by atoms with Gasteiger partial charge in [-0.3, -0.25) is 29.6 Å². The minimum absolute atomic E-state index is 0.0252. The van der Waals surface area contributed by atoms with E-state index in [1.54, 1.807) is 18.3 Å². The van der Waals surface area contributed by atoms with E-state index in [-0.39, 0.29) is 58.0 Å². The summed E-state index contributed by atoms with van der Waals surface area (Å²) in [7, 11) is 2.90. The molecule has 0 spiro atoms. The number of aromatic nitrogens is 1. The first-order chi connectivity index (χ1) is 33.9. The fraction of sp³-hybridized carbons (Fsp3) is 0.593. The first-order valence-corrected chi connectivity index (χ1v) is 24.6. The molecule has 0 aliphatic heterocycles. The minimum Gasteiger partial charge on any atom is -0.469 e. The van der Waals surface area contributed by atoms with Gasteiger partial charge in [-0.25, -0.2) is 9.80 Å². The summed E-state index contributed by atoms with van der Waals surface area (Å²) in [5.41, 5.74) is 5.11. The number of methoxy groups -OCH3 is 2. The number of esters is 2. The van der Waals surface area contributed by atoms with Crippen LogP contribution < -0.4 is 10.7 Å². The number of Topliss-reactive ketones (excluding diaryl/α,β-unsaturated/α-hetero) is 1. The summed E-state index contributed by atoms with van der Waals surface area (Å²) in [4.78, 5) is 73.0. The summed E-state index contributed by atoms with van der Waals surface area (Å²) in [6.07, 6.45) is 0.720. The molecule has 17 heteroatoms. The Labute approximate surface area is 421 Å². The summed E-state index contributed by atoms with van der Waals surface area (Å²) >= 11 is 0. The van der Waals surface area contributed by atoms with Gasteiger partial charge in [0.1, 0.15) is 12.7 Å². The van der Waals surface area contributed by atoms with Crippen LogP contribution in [-0.2, 0) is 70.0 Å². The Kier molecular flexibility index (Phi) is 27.6. The minimum atomic E-state index is -0.993. The van der Waals surface area contributed by atoms with Crippen molar-refractivity contribution in [2.75, 3.05) is 86.8 Å². The summed E-state index contributed by atoms with van der Waals surface area (Å²) in [6, 6.07) is 22.0. The van der Waals surface area contributed by atoms with Crippen LogP contribution in [0.4, 0.5) is 4.79 Å². The van der Waals surface area contributed by atoms with E-state index in [0.717, 1.165) is 22.4 Å². The Morgan fingerprint density at radius 2 is 1.25 bits per heavy atom. The van der Waals surface area contributed by atoms with E-state index in [0.29, 0.717) is 59.1 Å². The predicted octanol–water partition coefficient (Wildman–Crippen LogP) is 7.19. The molecule has 0 fully saturated rings. The first-order valence-electron chi connectivity index (χ1n) is 24.6. The number of ether oxygens (including phenoxy) is 8. The van der Waals surface area contributed by atoms with E-state index in [1.807, 2.05) is 121 Å². The van der Waals surface area contributed by atoms with Crippen LogP contribution in [0.2, 0.25) is 0 Å². The van der Waals surface area contributed by atoms with Crippen LogP contribution in [-0.4, -0.2) is 139 Å². The van der Waals surface area contributed by atoms with Crippen molar-refractivity contribution >= 4 is 29.7 Å². The van der Waals surface area contributed by atoms with Crippen LogP contribution in [0.5, 0.6) is 0 Å². The summed E-state index contributed by atoms with van der Waals surface area (Å²) < 4.78 is 43.6. The van der Waals surface area contributed by atoms with Gasteiger partial charge in [0.15, 0.2) is 5.78 Å². The van der Waals surface area contributed by atoms with Gasteiger partial charge in [-0.15, -0.1) is 0 Å². The molecule has 3 aromatic rings. The Balaban J connectivity index is 1.84. The number of benzene rings is 2. The van der Waals surface area contributed by atoms with Gasteiger partial charge in [0.05, 0.1) is 97.2 Å². The monoisotopic (exact) mass is 993 g/mol. The molecule has 2 amide bonds. The number of pyridine rings is 1. The number of ketones is 1. The third-order valence-electron chi connectivity index (χ3n) is 11.4. The number of hydrazine groups is 1. The molecular formula is C54H80N4O13. The van der Waals surface area contributed by atoms with Crippen LogP contribution in [0, 0.1) is 22.7 Å². The van der Waals surface area contributed by atoms with Crippen LogP contribution in [0.15, 0.2) is 79.0 Å². The van der Waals surface area contributed by atoms with Gasteiger partial charge in [-0.1, -0.05) is 109 Å². The van der Waals surface area contributed by atoms with Crippen molar-refractivity contribution < 1.29 is 61.9 Å². The summed E-state index contributed by atoms with van der Waals surface area (Å²) in [5, 5.41) is 4.49. The molecule has 1 heterocycles. The normalized spacial score (nSPS) is 13.4. The average Bonchev–Trinajstić information content (AvgIpc) is 3.33. The number of rotatable bonds is 34. The van der Waals surface area contributed by atoms with E-state index in [4.69, 9.17) is 37.9 Å². The van der Waals surface area contributed by atoms with Crippen molar-refractivity contribution in [1.29, 1.82) is 0 Å². The molecule has 394 valence electrons. The molecule has 0 aliphatic rings. The van der Waals surface area contributed by atoms with Crippen LogP contribution in [0.25, 0.3) is 11.3 Å². The SMILES string of the molecule is CCCC(=O)O[C@@H](CN(Cc1ccc(-c2ccccn2)cc1)NC(=O)C(CC(=O)OC)C(C)(C)C)[C@@H](CC(=O)[C@@H](NC(=O)OCCOCCOCCOCCOCCOC)C(C)(C)C)Cc1ccccc1. The fourth-order valence-electron chi connectivity index (χ4n) is 7.56. The third kappa shape index (κ3) is 24.1. The maximum Gasteiger partial charge on any atom is 0.407 e. The largest absolute Gasteiger partial charge is 0.469 e. The molecule has 2 N–H and O–H groups in total. The van der Waals surface area contributed by atoms with Gasteiger partial charge in [0.2, 0.25) is 5.91 Å². The summed E-state index contributed by atoms with van der Waals surface area (Å²) in [5.74, 6) is -3.12. The maximum atomic E-state index is 14.7. The van der Waals surface area contributed by atoms with E-state index >= 15 is 0 Å². The molecular weight excluding hydrogens is 913 g/mol. The lowest BCUT2D eigenvalue weighted by Crippen LogP contribution is -2.53. The molecule has 4 atom stereocenters. The van der Waals surface area contributed by atoms with Gasteiger partial charge in [0.25, 0.3) is 0 Å². The second-order valence-corrected chi connectivity index (χ2v) is 19.4. The molecule has 0 radical (unpaired) electrons. The zero-order valence-corrected chi connectivity index (χ0v) is 43.5. The van der Waals surface area contributed by atoms with E-state index < -0.39 is 58.8 Å². The van der Waals surface area contributed by atoms with Crippen molar-refractivity contribution in [3.63, 3.8) is 0 Å². The number of alkyl carbamates (subject to hydrolysis) is 1. The molecule has 1 aromatic heterocycles. The van der Waals surface area contributed by atoms with Gasteiger partial charge in [-0.2, -0.15) is 0 Å². The Bertz CT molecular complexity index is 1990. The number of amides is 2. The topological polar surface area (TPSA) is 199 Å². The molecule has 0 saturated carbocycles. The number of hydrogen-bond donors (Lipinski definition) is 2. The Hall–Kier alpha value is -5.30. The smallest absolute Gasteiger partial charge is 0.407 e. The van der Waals surface area contributed by atoms with Gasteiger partial charge in [0, 0.05) is 44.2 Å². The van der Waals surface area contributed by atoms with Crippen molar-refractivity contribution in [2.45, 2.75) is 99.3 Å². The maximum absolute atomic E-state index is 14.7. The van der Waals surface area contributed by atoms with E-state index in [9.17, 15) is 24.0 Å². The van der Waals surface area contributed by atoms with Crippen molar-refractivity contribution in [3.8, 4) is 11.3 Å². The Morgan fingerprint density at radius 1 is 0.662 bits per heavy atom. The number of nitrogens with zero attached hydrogens (tertiary/aromatic N) is 2. The lowest BCUT2D eigenvalue weighted by Gasteiger charge is -2.36. The summed E-state index contributed by atoms with van der Waals surface area (Å²) in [6.45, 7) is 16.7. The quantitative estimate of drug-likeness (QED) is 0.0264. The molecule has 0 aliphatic carbocycles. The zero-order valence-electron chi connectivity index (χ0n) is 43.5. The number of hydrogen-bond acceptors (Lipinski definition) is 15. The molecule has 0 bridgehead atoms. The highest BCUT2D eigenvalue weighted by Gasteiger charge is 2.39. The second-order valence-electron chi connectivity index (χ2n) is 19.4. The zero-order chi connectivity index (χ0) is 52.1. The number of carbonyl (C=O) groups excluding carboxylic acids is 5. The number of carbonyl (C=O) groups is 5. The van der Waals surface area contributed by atoms with E-state index in [2.05, 4.69) is 15.7 Å². The predicted molar refractivity (Wildman–Crippen MR) is 269 cm³/mol. The second kappa shape index (κ2) is 32.6. The van der Waals surface area contributed by atoms with Crippen molar-refractivity contribution in [1.82, 2.24) is 20.7 Å². The van der Waals surface area contributed by atoms with Gasteiger partial charge < -0.3 is 43.2 Å². The molecule has 17 nitrogen and oxygen atoms in total. The van der Waals surface area contributed by atoms with Crippen LogP contribution in [0.3, 0.4) is 0 Å². The molecule has 3 rings (SSSR count). The third-order valence-corrected chi connectivity index (χ3v) is 11.4. The highest BCUT2D eigenvalue weighted by Crippen LogP contribution is 2.31. The van der Waals surface area contributed by atoms with Crippen LogP contribution in [0.1, 0.15) is 85.3 Å². The molecule has 71 heavy (non-hydrogen) atoms. The highest BCUT2D eigenvalue weighted by molar-refractivity contribution is 5.88. The lowest BCUT2D eigenvalue weighted by atomic mass is 9.78. The van der Waals surface area contributed by atoms with Crippen LogP contribution >= 0.6 is 0 Å². The van der Waals surface area contributed by atoms with Crippen molar-refractivity contribution in [2.24, 2.45) is 22.7 Å². The van der Waals surface area contributed by atoms with Crippen molar-refractivity contribution in [3.05, 3.63) is 90.1 Å². The Morgan fingerprint density at radius 3 is 1.79 bits per heavy atom. The number of nitrogens with one attached hydrogen (secondary N) is 2. The van der Waals surface area contributed by atoms with E-state index in [1.165, 1.54) is 7.11 Å². The fourth-order valence-corrected chi connectivity index (χ4v) is 7.56. The highest BCUT2D eigenvalue weighted by atomic mass is 16.6. The molecule has 0 saturated heterocycles. The van der Waals surface area contributed by atoms with Gasteiger partial charge >= 0.3 is 18.0 Å². The molecule has 1 unspecified atom stereocenters. The van der Waals surface area contributed by atoms with Gasteiger partial charge in [-0.05, 0) is 46.9 Å². The molecule has 2 aromatic carbocycles. The average molecular weight is 993 g/mol. The first kappa shape index (κ1) is 60.0. The standard InChI is InChI=1S/C54H80N4O13/c1-10-16-48(60)71-47(39-58(57-51(62)44(53(2,3)4)37-49(61)65-9)38-41-20-22-42(23-21-41)45-19-14-15-24-55-45)43(35-40-17-12-11-13-18-40)36-46(59)50(54(5,6)7)56-52(63)70-34-33-69-32-31-68-30-29-67-28-27-66-26-25-64-8/h11-15,17-24,43-44,47,50H,10,16,25-39H2,1-9H3,(H,56,63)(H,57,62)/t43-,44?,47+,50-/m1/s1. The lowest BCUT2D eigenvalue weighted by molar-refractivity contribution is -0.156.